The molecule has 0 amide bonds. The van der Waals surface area contributed by atoms with E-state index in [1.807, 2.05) is 18.2 Å². The monoisotopic (exact) mass is 285 g/mol. The van der Waals surface area contributed by atoms with Crippen molar-refractivity contribution in [3.05, 3.63) is 24.5 Å². The number of para-hydroxylation sites is 1. The van der Waals surface area contributed by atoms with Crippen LogP contribution in [0.5, 0.6) is 0 Å². The number of nitrogens with one attached hydrogen (secondary N) is 2. The van der Waals surface area contributed by atoms with Gasteiger partial charge in [-0.05, 0) is 12.0 Å². The van der Waals surface area contributed by atoms with Gasteiger partial charge < -0.3 is 21.1 Å². The number of aromatic nitrogens is 3. The molecule has 0 aliphatic heterocycles. The highest BCUT2D eigenvalue weighted by molar-refractivity contribution is 6.13. The minimum absolute atomic E-state index is 0.0493. The molecular weight excluding hydrogens is 266 g/mol. The Bertz CT molecular complexity index is 780. The average molecular weight is 285 g/mol. The molecule has 0 bridgehead atoms. The topological polar surface area (TPSA) is 99.8 Å². The first-order valence-electron chi connectivity index (χ1n) is 7.00. The summed E-state index contributed by atoms with van der Waals surface area (Å²) in [5.74, 6) is 1.000. The predicted molar refractivity (Wildman–Crippen MR) is 85.1 cm³/mol. The maximum absolute atomic E-state index is 9.50. The Balaban J connectivity index is 2.19. The Hall–Kier alpha value is -2.34. The number of hydrogen-bond acceptors (Lipinski definition) is 5. The third kappa shape index (κ3) is 2.27. The highest BCUT2D eigenvalue weighted by Gasteiger charge is 2.17. The second-order valence-corrected chi connectivity index (χ2v) is 5.52. The largest absolute Gasteiger partial charge is 0.397 e. The van der Waals surface area contributed by atoms with Gasteiger partial charge in [0.05, 0.1) is 29.2 Å². The zero-order valence-electron chi connectivity index (χ0n) is 12.1. The Morgan fingerprint density at radius 1 is 1.33 bits per heavy atom. The van der Waals surface area contributed by atoms with Crippen LogP contribution in [0.3, 0.4) is 0 Å². The minimum Gasteiger partial charge on any atom is -0.397 e. The molecule has 5 N–H and O–H groups in total. The fraction of sp³-hybridized carbons (Fsp3) is 0.333. The first-order chi connectivity index (χ1) is 10.1. The predicted octanol–water partition coefficient (Wildman–Crippen LogP) is 2.12. The fourth-order valence-corrected chi connectivity index (χ4v) is 2.48. The molecule has 3 rings (SSSR count). The molecule has 0 radical (unpaired) electrons. The molecule has 0 aliphatic carbocycles. The van der Waals surface area contributed by atoms with Crippen LogP contribution < -0.4 is 11.1 Å². The molecular formula is C15H19N5O. The first-order valence-corrected chi connectivity index (χ1v) is 7.00. The molecule has 6 nitrogen and oxygen atoms in total. The van der Waals surface area contributed by atoms with E-state index in [1.165, 1.54) is 6.33 Å². The van der Waals surface area contributed by atoms with Gasteiger partial charge in [0, 0.05) is 5.39 Å². The fourth-order valence-electron chi connectivity index (χ4n) is 2.48. The summed E-state index contributed by atoms with van der Waals surface area (Å²) < 4.78 is 0. The van der Waals surface area contributed by atoms with Crippen LogP contribution in [0.25, 0.3) is 21.9 Å². The summed E-state index contributed by atoms with van der Waals surface area (Å²) in [7, 11) is 0. The van der Waals surface area contributed by atoms with Crippen LogP contribution in [0.1, 0.15) is 13.8 Å². The molecule has 0 saturated heterocycles. The van der Waals surface area contributed by atoms with Crippen molar-refractivity contribution in [2.75, 3.05) is 17.7 Å². The van der Waals surface area contributed by atoms with Gasteiger partial charge in [0.25, 0.3) is 0 Å². The number of nitrogens with zero attached hydrogens (tertiary/aromatic N) is 2. The van der Waals surface area contributed by atoms with Crippen LogP contribution in [0.15, 0.2) is 24.5 Å². The zero-order chi connectivity index (χ0) is 15.0. The number of rotatable bonds is 4. The summed E-state index contributed by atoms with van der Waals surface area (Å²) in [6.45, 7) is 4.16. The zero-order valence-corrected chi connectivity index (χ0v) is 12.1. The average Bonchev–Trinajstić information content (AvgIpc) is 2.85. The number of anilines is 2. The number of aliphatic hydroxyl groups is 1. The standard InChI is InChI=1S/C15H19N5O/c1-8(2)11(6-21)19-14-12-9-4-3-5-10(16)13(9)20-15(12)18-7-17-14/h3-5,7-8,11,21H,6,16H2,1-2H3,(H2,17,18,19,20). The van der Waals surface area contributed by atoms with Crippen molar-refractivity contribution in [2.45, 2.75) is 19.9 Å². The highest BCUT2D eigenvalue weighted by Crippen LogP contribution is 2.32. The normalized spacial score (nSPS) is 13.1. The summed E-state index contributed by atoms with van der Waals surface area (Å²) in [6, 6.07) is 5.69. The van der Waals surface area contributed by atoms with Gasteiger partial charge in [0.2, 0.25) is 0 Å². The Kier molecular flexibility index (Phi) is 3.39. The van der Waals surface area contributed by atoms with Crippen molar-refractivity contribution in [3.8, 4) is 0 Å². The van der Waals surface area contributed by atoms with Crippen molar-refractivity contribution >= 4 is 33.4 Å². The number of benzene rings is 1. The van der Waals surface area contributed by atoms with Crippen LogP contribution in [0.4, 0.5) is 11.5 Å². The van der Waals surface area contributed by atoms with E-state index in [0.717, 1.165) is 21.9 Å². The summed E-state index contributed by atoms with van der Waals surface area (Å²) in [5, 5.41) is 14.7. The molecule has 6 heteroatoms. The van der Waals surface area contributed by atoms with Gasteiger partial charge in [-0.1, -0.05) is 26.0 Å². The molecule has 0 spiro atoms. The smallest absolute Gasteiger partial charge is 0.144 e. The van der Waals surface area contributed by atoms with Crippen LogP contribution >= 0.6 is 0 Å². The van der Waals surface area contributed by atoms with Crippen LogP contribution in [0.2, 0.25) is 0 Å². The van der Waals surface area contributed by atoms with Crippen LogP contribution in [0, 0.1) is 5.92 Å². The van der Waals surface area contributed by atoms with E-state index in [2.05, 4.69) is 34.1 Å². The highest BCUT2D eigenvalue weighted by atomic mass is 16.3. The number of nitrogen functional groups attached to an aromatic ring is 1. The quantitative estimate of drug-likeness (QED) is 0.550. The van der Waals surface area contributed by atoms with E-state index in [4.69, 9.17) is 5.73 Å². The second kappa shape index (κ2) is 5.21. The molecule has 3 aromatic rings. The minimum atomic E-state index is -0.0610. The molecule has 2 heterocycles. The van der Waals surface area contributed by atoms with Gasteiger partial charge >= 0.3 is 0 Å². The SMILES string of the molecule is CC(C)C(CO)Nc1ncnc2[nH]c3c(N)cccc3c12. The van der Waals surface area contributed by atoms with E-state index >= 15 is 0 Å². The van der Waals surface area contributed by atoms with Crippen molar-refractivity contribution in [1.82, 2.24) is 15.0 Å². The molecule has 0 saturated carbocycles. The number of aromatic amines is 1. The summed E-state index contributed by atoms with van der Waals surface area (Å²) in [6.07, 6.45) is 1.50. The van der Waals surface area contributed by atoms with Gasteiger partial charge in [-0.25, -0.2) is 9.97 Å². The lowest BCUT2D eigenvalue weighted by Crippen LogP contribution is -2.29. The number of nitrogens with two attached hydrogens (primary N) is 1. The van der Waals surface area contributed by atoms with E-state index in [9.17, 15) is 5.11 Å². The maximum Gasteiger partial charge on any atom is 0.144 e. The third-order valence-electron chi connectivity index (χ3n) is 3.78. The molecule has 1 unspecified atom stereocenters. The third-order valence-corrected chi connectivity index (χ3v) is 3.78. The number of H-pyrrole nitrogens is 1. The molecule has 110 valence electrons. The van der Waals surface area contributed by atoms with Gasteiger partial charge in [0.1, 0.15) is 17.8 Å². The second-order valence-electron chi connectivity index (χ2n) is 5.52. The number of fused-ring (bicyclic) bond motifs is 3. The van der Waals surface area contributed by atoms with Gasteiger partial charge in [-0.3, -0.25) is 0 Å². The van der Waals surface area contributed by atoms with Crippen molar-refractivity contribution in [2.24, 2.45) is 5.92 Å². The van der Waals surface area contributed by atoms with Gasteiger partial charge in [-0.15, -0.1) is 0 Å². The molecule has 1 atom stereocenters. The lowest BCUT2D eigenvalue weighted by atomic mass is 10.1. The Morgan fingerprint density at radius 2 is 2.14 bits per heavy atom. The molecule has 2 aromatic heterocycles. The number of aliphatic hydroxyl groups excluding tert-OH is 1. The maximum atomic E-state index is 9.50. The molecule has 0 fully saturated rings. The summed E-state index contributed by atoms with van der Waals surface area (Å²) in [4.78, 5) is 11.8. The van der Waals surface area contributed by atoms with Gasteiger partial charge in [0.15, 0.2) is 0 Å². The molecule has 21 heavy (non-hydrogen) atoms. The lowest BCUT2D eigenvalue weighted by Gasteiger charge is -2.20. The van der Waals surface area contributed by atoms with Crippen LogP contribution in [-0.2, 0) is 0 Å². The molecule has 0 aliphatic rings. The summed E-state index contributed by atoms with van der Waals surface area (Å²) >= 11 is 0. The van der Waals surface area contributed by atoms with Gasteiger partial charge in [-0.2, -0.15) is 0 Å². The summed E-state index contributed by atoms with van der Waals surface area (Å²) in [5.41, 5.74) is 8.28. The lowest BCUT2D eigenvalue weighted by molar-refractivity contribution is 0.249. The Morgan fingerprint density at radius 3 is 2.86 bits per heavy atom. The van der Waals surface area contributed by atoms with E-state index in [-0.39, 0.29) is 18.6 Å². The number of hydrogen-bond donors (Lipinski definition) is 4. The first kappa shape index (κ1) is 13.6. The Labute approximate surface area is 122 Å². The van der Waals surface area contributed by atoms with Crippen molar-refractivity contribution < 1.29 is 5.11 Å². The van der Waals surface area contributed by atoms with E-state index < -0.39 is 0 Å². The van der Waals surface area contributed by atoms with E-state index in [0.29, 0.717) is 11.5 Å². The van der Waals surface area contributed by atoms with Crippen LogP contribution in [-0.4, -0.2) is 32.7 Å². The van der Waals surface area contributed by atoms with E-state index in [1.54, 1.807) is 0 Å². The van der Waals surface area contributed by atoms with Crippen molar-refractivity contribution in [1.29, 1.82) is 0 Å². The van der Waals surface area contributed by atoms with Crippen molar-refractivity contribution in [3.63, 3.8) is 0 Å². The molecule has 1 aromatic carbocycles.